The Balaban J connectivity index is 1.23. The lowest BCUT2D eigenvalue weighted by Gasteiger charge is -2.48. The van der Waals surface area contributed by atoms with Gasteiger partial charge in [0.25, 0.3) is 0 Å². The highest BCUT2D eigenvalue weighted by Crippen LogP contribution is 2.43. The van der Waals surface area contributed by atoms with Crippen molar-refractivity contribution in [2.45, 2.75) is 131 Å². The Bertz CT molecular complexity index is 3000. The second kappa shape index (κ2) is 34.6. The van der Waals surface area contributed by atoms with Crippen LogP contribution < -0.4 is 0 Å². The standard InChI is InChI=1S/C70H82O19/c1-73-54-37-38-55(74-2)59(76-4)64(78-6)68(72)86-46-57-61(81-41-50-29-17-9-18-30-50)66(84-44-53-35-23-12-24-36-53)70(88-57,47-79-39-48-25-13-7-14-26-48)89-69-65(83-43-52-33-21-11-22-34-52)62(82-42-51-31-19-10-20-32-51)60(80-40-49-27-15-8-16-28-49)56(87-69)45-85-67(71)63(77-5)58(54)75-3/h7-38,54-66,69H,39-47H2,1-6H3/b38-37+/t54-,55?,56-,57-,58?,59+,60-,61-,62+,63-,64-,65-,66+,69-,70+/m1/s1. The first kappa shape index (κ1) is 66.8. The van der Waals surface area contributed by atoms with Gasteiger partial charge in [-0.15, -0.1) is 0 Å². The van der Waals surface area contributed by atoms with Crippen molar-refractivity contribution in [2.75, 3.05) is 62.5 Å². The Labute approximate surface area is 521 Å². The topological polar surface area (TPSA) is 191 Å². The van der Waals surface area contributed by atoms with Gasteiger partial charge in [0.05, 0.1) is 39.6 Å². The highest BCUT2D eigenvalue weighted by Gasteiger charge is 2.62. The van der Waals surface area contributed by atoms with Crippen molar-refractivity contribution < 1.29 is 90.1 Å². The summed E-state index contributed by atoms with van der Waals surface area (Å²) in [6.07, 6.45) is -13.0. The van der Waals surface area contributed by atoms with Gasteiger partial charge in [0.2, 0.25) is 5.79 Å². The van der Waals surface area contributed by atoms with Gasteiger partial charge >= 0.3 is 11.9 Å². The predicted molar refractivity (Wildman–Crippen MR) is 324 cm³/mol. The lowest BCUT2D eigenvalue weighted by Crippen LogP contribution is -2.65. The second-order valence-electron chi connectivity index (χ2n) is 21.6. The zero-order chi connectivity index (χ0) is 62.2. The predicted octanol–water partition coefficient (Wildman–Crippen LogP) is 8.71. The van der Waals surface area contributed by atoms with E-state index in [-0.39, 0.29) is 46.2 Å². The third-order valence-electron chi connectivity index (χ3n) is 15.8. The van der Waals surface area contributed by atoms with Gasteiger partial charge in [-0.1, -0.05) is 194 Å². The maximum atomic E-state index is 14.8. The number of methoxy groups -OCH3 is 6. The molecule has 89 heavy (non-hydrogen) atoms. The van der Waals surface area contributed by atoms with Crippen LogP contribution in [0.1, 0.15) is 33.4 Å². The summed E-state index contributed by atoms with van der Waals surface area (Å²) >= 11 is 0. The average Bonchev–Trinajstić information content (AvgIpc) is 2.34. The second-order valence-corrected chi connectivity index (χ2v) is 21.6. The van der Waals surface area contributed by atoms with Crippen molar-refractivity contribution in [1.29, 1.82) is 0 Å². The van der Waals surface area contributed by atoms with Crippen LogP contribution in [0.3, 0.4) is 0 Å². The highest BCUT2D eigenvalue weighted by atomic mass is 16.8. The molecule has 0 radical (unpaired) electrons. The summed E-state index contributed by atoms with van der Waals surface area (Å²) in [5.74, 6) is -3.67. The van der Waals surface area contributed by atoms with E-state index in [0.29, 0.717) is 0 Å². The number of hydrogen-bond donors (Lipinski definition) is 0. The number of carbonyl (C=O) groups is 2. The third kappa shape index (κ3) is 18.1. The lowest BCUT2D eigenvalue weighted by molar-refractivity contribution is -0.398. The minimum absolute atomic E-state index is 0.0346. The highest BCUT2D eigenvalue weighted by molar-refractivity contribution is 5.76. The molecule has 0 aromatic heterocycles. The fourth-order valence-corrected chi connectivity index (χ4v) is 11.2. The maximum absolute atomic E-state index is 14.8. The van der Waals surface area contributed by atoms with Crippen molar-refractivity contribution in [3.05, 3.63) is 228 Å². The van der Waals surface area contributed by atoms with Crippen molar-refractivity contribution >= 4 is 11.9 Å². The van der Waals surface area contributed by atoms with Crippen LogP contribution in [0.2, 0.25) is 0 Å². The molecule has 3 heterocycles. The van der Waals surface area contributed by atoms with Crippen LogP contribution in [-0.2, 0) is 130 Å². The summed E-state index contributed by atoms with van der Waals surface area (Å²) in [7, 11) is 8.46. The van der Waals surface area contributed by atoms with E-state index >= 15 is 0 Å². The first-order chi connectivity index (χ1) is 43.7. The molecular formula is C70H82O19. The number of cyclic esters (lactones) is 2. The lowest BCUT2D eigenvalue weighted by atomic mass is 9.97. The number of esters is 2. The molecule has 0 spiro atoms. The molecule has 476 valence electrons. The van der Waals surface area contributed by atoms with E-state index in [0.717, 1.165) is 33.4 Å². The Morgan fingerprint density at radius 3 is 1.12 bits per heavy atom. The van der Waals surface area contributed by atoms with E-state index in [2.05, 4.69) is 0 Å². The fraction of sp³-hybridized carbons (Fsp3) is 0.429. The Hall–Kier alpha value is -6.60. The van der Waals surface area contributed by atoms with Crippen LogP contribution in [0.4, 0.5) is 0 Å². The van der Waals surface area contributed by atoms with E-state index < -0.39 is 117 Å². The molecule has 2 saturated heterocycles. The molecule has 0 N–H and O–H groups in total. The van der Waals surface area contributed by atoms with Crippen LogP contribution in [0, 0.1) is 0 Å². The molecule has 19 heteroatoms. The summed E-state index contributed by atoms with van der Waals surface area (Å²) in [4.78, 5) is 29.6. The first-order valence-corrected chi connectivity index (χ1v) is 29.8. The van der Waals surface area contributed by atoms with Gasteiger partial charge in [-0.2, -0.15) is 0 Å². The SMILES string of the molecule is COC1[C@H](OC)/C=C/C(OC)[C@H](OC)[C@@H](OC)C(=O)OC[C@H]2O[C@@](COCc3ccccc3)(O[C@H]3O[C@H](COC(=O)[C@@H]1OC)[C@@H](OCc1ccccc1)[C@H](OCc1ccccc1)[C@H]3OCc1ccccc1)[C@@H](OCc1ccccc1)[C@@H]2OCc1ccccc1. The molecule has 2 unspecified atom stereocenters. The normalized spacial score (nSPS) is 29.1. The molecule has 3 aliphatic rings. The minimum atomic E-state index is -2.02. The summed E-state index contributed by atoms with van der Waals surface area (Å²) in [6.45, 7) is -0.765. The number of carbonyl (C=O) groups excluding carboxylic acids is 2. The summed E-state index contributed by atoms with van der Waals surface area (Å²) in [5.41, 5.74) is 5.04. The first-order valence-electron chi connectivity index (χ1n) is 29.8. The molecule has 6 aromatic rings. The molecule has 0 aliphatic carbocycles. The number of hydrogen-bond acceptors (Lipinski definition) is 19. The summed E-state index contributed by atoms with van der Waals surface area (Å²) in [6, 6.07) is 57.9. The van der Waals surface area contributed by atoms with Gasteiger partial charge < -0.3 is 80.5 Å². The molecule has 0 saturated carbocycles. The van der Waals surface area contributed by atoms with Gasteiger partial charge in [-0.25, -0.2) is 9.59 Å². The molecule has 3 aliphatic heterocycles. The number of ether oxygens (including phenoxy) is 17. The van der Waals surface area contributed by atoms with Crippen LogP contribution in [0.5, 0.6) is 0 Å². The fourth-order valence-electron chi connectivity index (χ4n) is 11.2. The van der Waals surface area contributed by atoms with Gasteiger partial charge in [0.15, 0.2) is 18.5 Å². The molecule has 15 atom stereocenters. The molecule has 0 amide bonds. The Morgan fingerprint density at radius 1 is 0.371 bits per heavy atom. The number of fused-ring (bicyclic) bond motifs is 4. The van der Waals surface area contributed by atoms with Gasteiger partial charge in [0, 0.05) is 42.7 Å². The summed E-state index contributed by atoms with van der Waals surface area (Å²) < 4.78 is 113. The number of rotatable bonds is 25. The molecule has 4 bridgehead atoms. The molecule has 6 aromatic carbocycles. The zero-order valence-corrected chi connectivity index (χ0v) is 51.2. The third-order valence-corrected chi connectivity index (χ3v) is 15.8. The van der Waals surface area contributed by atoms with Crippen LogP contribution in [0.15, 0.2) is 194 Å². The van der Waals surface area contributed by atoms with E-state index in [1.54, 1.807) is 12.2 Å². The van der Waals surface area contributed by atoms with Gasteiger partial charge in [-0.3, -0.25) is 0 Å². The molecule has 9 rings (SSSR count). The quantitative estimate of drug-likeness (QED) is 0.0390. The van der Waals surface area contributed by atoms with Gasteiger partial charge in [-0.05, 0) is 33.4 Å². The smallest absolute Gasteiger partial charge is 0.338 e. The summed E-state index contributed by atoms with van der Waals surface area (Å²) in [5, 5.41) is 0. The van der Waals surface area contributed by atoms with E-state index in [9.17, 15) is 9.59 Å². The van der Waals surface area contributed by atoms with Crippen molar-refractivity contribution in [3.8, 4) is 0 Å². The maximum Gasteiger partial charge on any atom is 0.338 e. The van der Waals surface area contributed by atoms with Gasteiger partial charge in [0.1, 0.15) is 87.0 Å². The van der Waals surface area contributed by atoms with Crippen molar-refractivity contribution in [1.82, 2.24) is 0 Å². The molecule has 19 nitrogen and oxygen atoms in total. The Kier molecular flexibility index (Phi) is 25.9. The number of benzene rings is 6. The van der Waals surface area contributed by atoms with E-state index in [1.807, 2.05) is 182 Å². The largest absolute Gasteiger partial charge is 0.461 e. The monoisotopic (exact) mass is 1230 g/mol. The van der Waals surface area contributed by atoms with Crippen molar-refractivity contribution in [2.24, 2.45) is 0 Å². The minimum Gasteiger partial charge on any atom is -0.461 e. The molecule has 2 fully saturated rings. The zero-order valence-electron chi connectivity index (χ0n) is 51.2. The van der Waals surface area contributed by atoms with E-state index in [4.69, 9.17) is 80.5 Å². The van der Waals surface area contributed by atoms with Crippen LogP contribution in [0.25, 0.3) is 0 Å². The van der Waals surface area contributed by atoms with Crippen LogP contribution >= 0.6 is 0 Å². The van der Waals surface area contributed by atoms with Crippen molar-refractivity contribution in [3.63, 3.8) is 0 Å². The van der Waals surface area contributed by atoms with E-state index in [1.165, 1.54) is 42.7 Å². The van der Waals surface area contributed by atoms with Crippen LogP contribution in [-0.4, -0.2) is 166 Å². The average molecular weight is 1230 g/mol. The Morgan fingerprint density at radius 2 is 0.730 bits per heavy atom. The molecular weight excluding hydrogens is 1140 g/mol.